The van der Waals surface area contributed by atoms with E-state index in [9.17, 15) is 9.59 Å². The average molecular weight is 214 g/mol. The minimum atomic E-state index is -0.539. The molecule has 0 N–H and O–H groups in total. The molecule has 1 heterocycles. The van der Waals surface area contributed by atoms with Gasteiger partial charge in [-0.25, -0.2) is 4.79 Å². The Morgan fingerprint density at radius 3 is 2.50 bits per heavy atom. The molecule has 0 amide bonds. The highest BCUT2D eigenvalue weighted by Gasteiger charge is 2.26. The summed E-state index contributed by atoms with van der Waals surface area (Å²) in [5.74, 6) is -0.801. The molecule has 3 nitrogen and oxygen atoms in total. The third-order valence-corrected chi connectivity index (χ3v) is 2.21. The van der Waals surface area contributed by atoms with E-state index in [1.807, 2.05) is 36.4 Å². The Kier molecular flexibility index (Phi) is 2.96. The smallest absolute Gasteiger partial charge is 0.342 e. The van der Waals surface area contributed by atoms with Crippen LogP contribution >= 0.6 is 0 Å². The molecule has 80 valence electrons. The molecule has 2 rings (SSSR count). The zero-order chi connectivity index (χ0) is 11.4. The van der Waals surface area contributed by atoms with Crippen LogP contribution in [0.3, 0.4) is 0 Å². The number of Topliss-reactive ketones (excluding diaryl/α,β-unsaturated/α-hetero) is 1. The predicted molar refractivity (Wildman–Crippen MR) is 59.5 cm³/mol. The Bertz CT molecular complexity index is 451. The van der Waals surface area contributed by atoms with Crippen LogP contribution in [0.5, 0.6) is 0 Å². The van der Waals surface area contributed by atoms with Crippen LogP contribution in [0.4, 0.5) is 0 Å². The Morgan fingerprint density at radius 1 is 1.12 bits per heavy atom. The maximum absolute atomic E-state index is 11.2. The SMILES string of the molecule is O=C1COC(=O)/C1=C/C=C/c1ccccc1. The zero-order valence-electron chi connectivity index (χ0n) is 8.55. The highest BCUT2D eigenvalue weighted by Crippen LogP contribution is 2.10. The Morgan fingerprint density at radius 2 is 1.88 bits per heavy atom. The number of hydrogen-bond donors (Lipinski definition) is 0. The first-order valence-corrected chi connectivity index (χ1v) is 4.91. The van der Waals surface area contributed by atoms with Gasteiger partial charge in [0.2, 0.25) is 5.78 Å². The van der Waals surface area contributed by atoms with Gasteiger partial charge in [-0.1, -0.05) is 42.5 Å². The molecule has 16 heavy (non-hydrogen) atoms. The van der Waals surface area contributed by atoms with Crippen molar-refractivity contribution in [3.8, 4) is 0 Å². The molecule has 1 aliphatic rings. The van der Waals surface area contributed by atoms with Crippen LogP contribution in [0.2, 0.25) is 0 Å². The Balaban J connectivity index is 2.12. The first kappa shape index (κ1) is 10.4. The zero-order valence-corrected chi connectivity index (χ0v) is 8.55. The molecule has 0 aromatic heterocycles. The number of allylic oxidation sites excluding steroid dienone is 2. The maximum atomic E-state index is 11.2. The van der Waals surface area contributed by atoms with Gasteiger partial charge < -0.3 is 4.74 Å². The second-order valence-electron chi connectivity index (χ2n) is 3.35. The molecule has 1 aliphatic heterocycles. The molecule has 0 bridgehead atoms. The lowest BCUT2D eigenvalue weighted by atomic mass is 10.1. The molecule has 0 aliphatic carbocycles. The van der Waals surface area contributed by atoms with Crippen molar-refractivity contribution in [1.29, 1.82) is 0 Å². The van der Waals surface area contributed by atoms with Crippen LogP contribution in [0.25, 0.3) is 6.08 Å². The lowest BCUT2D eigenvalue weighted by Gasteiger charge is -1.89. The van der Waals surface area contributed by atoms with Crippen LogP contribution in [0.1, 0.15) is 5.56 Å². The molecule has 1 aromatic rings. The second-order valence-corrected chi connectivity index (χ2v) is 3.35. The van der Waals surface area contributed by atoms with Gasteiger partial charge in [0, 0.05) is 0 Å². The van der Waals surface area contributed by atoms with E-state index in [1.54, 1.807) is 6.08 Å². The molecule has 0 radical (unpaired) electrons. The molecule has 0 spiro atoms. The quantitative estimate of drug-likeness (QED) is 0.428. The number of carbonyl (C=O) groups is 2. The molecule has 1 saturated heterocycles. The molecule has 1 aromatic carbocycles. The number of cyclic esters (lactones) is 1. The molecule has 0 saturated carbocycles. The topological polar surface area (TPSA) is 43.4 Å². The molecule has 0 atom stereocenters. The molecule has 0 unspecified atom stereocenters. The normalized spacial score (nSPS) is 18.4. The first-order chi connectivity index (χ1) is 7.77. The second kappa shape index (κ2) is 4.57. The summed E-state index contributed by atoms with van der Waals surface area (Å²) in [6.45, 7) is -0.135. The molecule has 1 fully saturated rings. The maximum Gasteiger partial charge on any atom is 0.342 e. The molecular formula is C13H10O3. The van der Waals surface area contributed by atoms with Crippen molar-refractivity contribution < 1.29 is 14.3 Å². The fourth-order valence-corrected chi connectivity index (χ4v) is 1.38. The summed E-state index contributed by atoms with van der Waals surface area (Å²) in [4.78, 5) is 22.3. The van der Waals surface area contributed by atoms with E-state index in [0.29, 0.717) is 0 Å². The number of esters is 1. The van der Waals surface area contributed by atoms with Gasteiger partial charge in [0.25, 0.3) is 0 Å². The van der Waals surface area contributed by atoms with Gasteiger partial charge in [-0.3, -0.25) is 4.79 Å². The number of benzene rings is 1. The summed E-state index contributed by atoms with van der Waals surface area (Å²) in [6, 6.07) is 9.63. The third kappa shape index (κ3) is 2.25. The molecule has 3 heteroatoms. The summed E-state index contributed by atoms with van der Waals surface area (Å²) < 4.78 is 4.59. The summed E-state index contributed by atoms with van der Waals surface area (Å²) in [7, 11) is 0. The van der Waals surface area contributed by atoms with E-state index < -0.39 is 5.97 Å². The number of carbonyl (C=O) groups excluding carboxylic acids is 2. The predicted octanol–water partition coefficient (Wildman–Crippen LogP) is 1.75. The van der Waals surface area contributed by atoms with Crippen LogP contribution in [-0.2, 0) is 14.3 Å². The van der Waals surface area contributed by atoms with Gasteiger partial charge in [-0.15, -0.1) is 0 Å². The van der Waals surface area contributed by atoms with Crippen molar-refractivity contribution in [1.82, 2.24) is 0 Å². The van der Waals surface area contributed by atoms with E-state index in [0.717, 1.165) is 5.56 Å². The van der Waals surface area contributed by atoms with Crippen LogP contribution < -0.4 is 0 Å². The van der Waals surface area contributed by atoms with Gasteiger partial charge in [-0.05, 0) is 11.6 Å². The average Bonchev–Trinajstić information content (AvgIpc) is 2.62. The van der Waals surface area contributed by atoms with Crippen molar-refractivity contribution in [3.05, 3.63) is 53.6 Å². The lowest BCUT2D eigenvalue weighted by Crippen LogP contribution is -1.99. The van der Waals surface area contributed by atoms with E-state index >= 15 is 0 Å². The van der Waals surface area contributed by atoms with E-state index in [1.165, 1.54) is 6.08 Å². The minimum absolute atomic E-state index is 0.118. The van der Waals surface area contributed by atoms with Crippen molar-refractivity contribution in [2.75, 3.05) is 6.61 Å². The standard InChI is InChI=1S/C13H10O3/c14-12-9-16-13(15)11(12)8-4-7-10-5-2-1-3-6-10/h1-8H,9H2/b7-4+,11-8+. The largest absolute Gasteiger partial charge is 0.454 e. The van der Waals surface area contributed by atoms with Crippen molar-refractivity contribution in [2.45, 2.75) is 0 Å². The summed E-state index contributed by atoms with van der Waals surface area (Å²) in [5, 5.41) is 0. The summed E-state index contributed by atoms with van der Waals surface area (Å²) in [5.41, 5.74) is 1.13. The first-order valence-electron chi connectivity index (χ1n) is 4.91. The van der Waals surface area contributed by atoms with Crippen LogP contribution in [0.15, 0.2) is 48.1 Å². The third-order valence-electron chi connectivity index (χ3n) is 2.21. The molecular weight excluding hydrogens is 204 g/mol. The van der Waals surface area contributed by atoms with E-state index in [-0.39, 0.29) is 18.0 Å². The monoisotopic (exact) mass is 214 g/mol. The van der Waals surface area contributed by atoms with Gasteiger partial charge in [0.1, 0.15) is 5.57 Å². The van der Waals surface area contributed by atoms with Gasteiger partial charge in [-0.2, -0.15) is 0 Å². The number of hydrogen-bond acceptors (Lipinski definition) is 3. The van der Waals surface area contributed by atoms with Crippen molar-refractivity contribution >= 4 is 17.8 Å². The lowest BCUT2D eigenvalue weighted by molar-refractivity contribution is -0.135. The Labute approximate surface area is 93.0 Å². The number of rotatable bonds is 2. The van der Waals surface area contributed by atoms with E-state index in [4.69, 9.17) is 0 Å². The van der Waals surface area contributed by atoms with Crippen molar-refractivity contribution in [2.24, 2.45) is 0 Å². The van der Waals surface area contributed by atoms with Gasteiger partial charge >= 0.3 is 5.97 Å². The fourth-order valence-electron chi connectivity index (χ4n) is 1.38. The fraction of sp³-hybridized carbons (Fsp3) is 0.0769. The number of ketones is 1. The minimum Gasteiger partial charge on any atom is -0.454 e. The van der Waals surface area contributed by atoms with Gasteiger partial charge in [0.05, 0.1) is 0 Å². The highest BCUT2D eigenvalue weighted by molar-refractivity contribution is 6.22. The Hall–Kier alpha value is -2.16. The van der Waals surface area contributed by atoms with Gasteiger partial charge in [0.15, 0.2) is 6.61 Å². The van der Waals surface area contributed by atoms with Crippen LogP contribution in [0, 0.1) is 0 Å². The van der Waals surface area contributed by atoms with Crippen molar-refractivity contribution in [3.63, 3.8) is 0 Å². The number of ether oxygens (including phenoxy) is 1. The highest BCUT2D eigenvalue weighted by atomic mass is 16.5. The summed E-state index contributed by atoms with van der Waals surface area (Å²) in [6.07, 6.45) is 4.99. The summed E-state index contributed by atoms with van der Waals surface area (Å²) >= 11 is 0. The van der Waals surface area contributed by atoms with E-state index in [2.05, 4.69) is 4.74 Å². The van der Waals surface area contributed by atoms with Crippen LogP contribution in [-0.4, -0.2) is 18.4 Å².